The molecule has 3 nitrogen and oxygen atoms in total. The number of piperidine rings is 2. The van der Waals surface area contributed by atoms with Crippen molar-refractivity contribution in [1.82, 2.24) is 10.2 Å². The molecule has 1 N–H and O–H groups in total. The quantitative estimate of drug-likeness (QED) is 0.754. The molecule has 1 saturated carbocycles. The lowest BCUT2D eigenvalue weighted by atomic mass is 9.76. The molecule has 3 fully saturated rings. The van der Waals surface area contributed by atoms with E-state index in [1.807, 2.05) is 0 Å². The van der Waals surface area contributed by atoms with Crippen LogP contribution in [0.3, 0.4) is 0 Å². The van der Waals surface area contributed by atoms with E-state index in [1.54, 1.807) is 0 Å². The van der Waals surface area contributed by atoms with Crippen molar-refractivity contribution in [3.05, 3.63) is 0 Å². The molecule has 1 atom stereocenters. The lowest BCUT2D eigenvalue weighted by molar-refractivity contribution is -0.129. The standard InChI is InChI=1S/C14H24N2O/c17-13-12(4-3-9-15-13)16-10-7-14(8-11-16)5-1-2-6-14/h12H,1-11H2,(H,15,17). The Bertz CT molecular complexity index is 287. The van der Waals surface area contributed by atoms with Crippen LogP contribution in [0.15, 0.2) is 0 Å². The Morgan fingerprint density at radius 2 is 1.76 bits per heavy atom. The molecule has 1 unspecified atom stereocenters. The van der Waals surface area contributed by atoms with Crippen molar-refractivity contribution < 1.29 is 4.79 Å². The molecule has 2 heterocycles. The molecule has 0 radical (unpaired) electrons. The summed E-state index contributed by atoms with van der Waals surface area (Å²) in [5.41, 5.74) is 0.668. The minimum absolute atomic E-state index is 0.183. The van der Waals surface area contributed by atoms with Gasteiger partial charge < -0.3 is 5.32 Å². The molecule has 1 aliphatic carbocycles. The number of nitrogens with one attached hydrogen (secondary N) is 1. The highest BCUT2D eigenvalue weighted by atomic mass is 16.2. The van der Waals surface area contributed by atoms with Gasteiger partial charge in [-0.15, -0.1) is 0 Å². The van der Waals surface area contributed by atoms with Crippen LogP contribution >= 0.6 is 0 Å². The van der Waals surface area contributed by atoms with E-state index in [1.165, 1.54) is 38.5 Å². The van der Waals surface area contributed by atoms with Gasteiger partial charge in [0.1, 0.15) is 0 Å². The van der Waals surface area contributed by atoms with Gasteiger partial charge in [0, 0.05) is 6.54 Å². The third-order valence-electron chi connectivity index (χ3n) is 5.22. The van der Waals surface area contributed by atoms with Crippen LogP contribution in [-0.2, 0) is 4.79 Å². The molecule has 3 heteroatoms. The second kappa shape index (κ2) is 4.60. The molecule has 96 valence electrons. The van der Waals surface area contributed by atoms with Crippen LogP contribution in [0.1, 0.15) is 51.4 Å². The molecule has 1 spiro atoms. The van der Waals surface area contributed by atoms with Crippen LogP contribution in [0.2, 0.25) is 0 Å². The maximum atomic E-state index is 11.9. The molecule has 2 saturated heterocycles. The van der Waals surface area contributed by atoms with Crippen molar-refractivity contribution in [3.63, 3.8) is 0 Å². The van der Waals surface area contributed by atoms with E-state index in [4.69, 9.17) is 0 Å². The summed E-state index contributed by atoms with van der Waals surface area (Å²) in [5.74, 6) is 0.277. The molecule has 2 aliphatic heterocycles. The molecular formula is C14H24N2O. The van der Waals surface area contributed by atoms with Crippen molar-refractivity contribution in [2.24, 2.45) is 5.41 Å². The largest absolute Gasteiger partial charge is 0.355 e. The molecule has 3 rings (SSSR count). The summed E-state index contributed by atoms with van der Waals surface area (Å²) in [6, 6.07) is 0.183. The highest BCUT2D eigenvalue weighted by molar-refractivity contribution is 5.82. The maximum absolute atomic E-state index is 11.9. The van der Waals surface area contributed by atoms with Crippen molar-refractivity contribution in [3.8, 4) is 0 Å². The lowest BCUT2D eigenvalue weighted by Gasteiger charge is -2.43. The first-order valence-electron chi connectivity index (χ1n) is 7.31. The number of amides is 1. The SMILES string of the molecule is O=C1NCCCC1N1CCC2(CCCC2)CC1. The number of hydrogen-bond donors (Lipinski definition) is 1. The first-order valence-corrected chi connectivity index (χ1v) is 7.31. The third kappa shape index (κ3) is 2.22. The van der Waals surface area contributed by atoms with Crippen LogP contribution < -0.4 is 5.32 Å². The highest BCUT2D eigenvalue weighted by Crippen LogP contribution is 2.46. The van der Waals surface area contributed by atoms with Gasteiger partial charge in [-0.25, -0.2) is 0 Å². The Labute approximate surface area is 104 Å². The van der Waals surface area contributed by atoms with E-state index in [-0.39, 0.29) is 11.9 Å². The zero-order valence-corrected chi connectivity index (χ0v) is 10.7. The summed E-state index contributed by atoms with van der Waals surface area (Å²) in [4.78, 5) is 14.3. The van der Waals surface area contributed by atoms with Crippen LogP contribution in [0.5, 0.6) is 0 Å². The van der Waals surface area contributed by atoms with Gasteiger partial charge in [0.2, 0.25) is 5.91 Å². The van der Waals surface area contributed by atoms with E-state index in [9.17, 15) is 4.79 Å². The van der Waals surface area contributed by atoms with Crippen molar-refractivity contribution in [2.75, 3.05) is 19.6 Å². The Morgan fingerprint density at radius 3 is 2.41 bits per heavy atom. The molecule has 0 aromatic rings. The van der Waals surface area contributed by atoms with Crippen molar-refractivity contribution in [2.45, 2.75) is 57.4 Å². The van der Waals surface area contributed by atoms with Crippen molar-refractivity contribution >= 4 is 5.91 Å². The van der Waals surface area contributed by atoms with Gasteiger partial charge in [0.25, 0.3) is 0 Å². The fourth-order valence-corrected chi connectivity index (χ4v) is 4.04. The summed E-state index contributed by atoms with van der Waals surface area (Å²) in [6.45, 7) is 3.18. The summed E-state index contributed by atoms with van der Waals surface area (Å²) in [5, 5.41) is 3.01. The Morgan fingerprint density at radius 1 is 1.06 bits per heavy atom. The van der Waals surface area contributed by atoms with Gasteiger partial charge in [-0.05, 0) is 57.0 Å². The Kier molecular flexibility index (Phi) is 3.12. The molecule has 1 amide bonds. The number of nitrogens with zero attached hydrogens (tertiary/aromatic N) is 1. The monoisotopic (exact) mass is 236 g/mol. The first-order chi connectivity index (χ1) is 8.29. The maximum Gasteiger partial charge on any atom is 0.237 e. The zero-order valence-electron chi connectivity index (χ0n) is 10.7. The second-order valence-electron chi connectivity index (χ2n) is 6.19. The van der Waals surface area contributed by atoms with Crippen molar-refractivity contribution in [1.29, 1.82) is 0 Å². The number of hydrogen-bond acceptors (Lipinski definition) is 2. The van der Waals surface area contributed by atoms with Crippen LogP contribution in [-0.4, -0.2) is 36.5 Å². The second-order valence-corrected chi connectivity index (χ2v) is 6.19. The number of carbonyl (C=O) groups excluding carboxylic acids is 1. The topological polar surface area (TPSA) is 32.3 Å². The van der Waals surface area contributed by atoms with Crippen LogP contribution in [0.25, 0.3) is 0 Å². The van der Waals surface area contributed by atoms with Gasteiger partial charge >= 0.3 is 0 Å². The zero-order chi connectivity index (χ0) is 11.7. The molecule has 0 bridgehead atoms. The Balaban J connectivity index is 1.58. The van der Waals surface area contributed by atoms with E-state index in [0.717, 1.165) is 32.5 Å². The molecule has 0 aromatic heterocycles. The fourth-order valence-electron chi connectivity index (χ4n) is 4.04. The van der Waals surface area contributed by atoms with Gasteiger partial charge in [-0.3, -0.25) is 9.69 Å². The summed E-state index contributed by atoms with van der Waals surface area (Å²) in [6.07, 6.45) is 10.6. The molecular weight excluding hydrogens is 212 g/mol. The van der Waals surface area contributed by atoms with E-state index in [0.29, 0.717) is 5.41 Å². The fraction of sp³-hybridized carbons (Fsp3) is 0.929. The highest BCUT2D eigenvalue weighted by Gasteiger charge is 2.39. The smallest absolute Gasteiger partial charge is 0.237 e. The third-order valence-corrected chi connectivity index (χ3v) is 5.22. The van der Waals surface area contributed by atoms with Gasteiger partial charge in [0.15, 0.2) is 0 Å². The average molecular weight is 236 g/mol. The summed E-state index contributed by atoms with van der Waals surface area (Å²) in [7, 11) is 0. The minimum Gasteiger partial charge on any atom is -0.355 e. The number of likely N-dealkylation sites (tertiary alicyclic amines) is 1. The van der Waals surface area contributed by atoms with Gasteiger partial charge in [-0.1, -0.05) is 12.8 Å². The number of carbonyl (C=O) groups is 1. The molecule has 0 aromatic carbocycles. The average Bonchev–Trinajstić information content (AvgIpc) is 2.80. The Hall–Kier alpha value is -0.570. The molecule has 3 aliphatic rings. The number of rotatable bonds is 1. The lowest BCUT2D eigenvalue weighted by Crippen LogP contribution is -2.53. The first kappa shape index (κ1) is 11.5. The van der Waals surface area contributed by atoms with Crippen LogP contribution in [0, 0.1) is 5.41 Å². The predicted molar refractivity (Wildman–Crippen MR) is 67.7 cm³/mol. The van der Waals surface area contributed by atoms with E-state index < -0.39 is 0 Å². The van der Waals surface area contributed by atoms with E-state index in [2.05, 4.69) is 10.2 Å². The summed E-state index contributed by atoms with van der Waals surface area (Å²) >= 11 is 0. The predicted octanol–water partition coefficient (Wildman–Crippen LogP) is 1.92. The van der Waals surface area contributed by atoms with Gasteiger partial charge in [-0.2, -0.15) is 0 Å². The molecule has 17 heavy (non-hydrogen) atoms. The normalized spacial score (nSPS) is 33.9. The summed E-state index contributed by atoms with van der Waals surface area (Å²) < 4.78 is 0. The van der Waals surface area contributed by atoms with Crippen LogP contribution in [0.4, 0.5) is 0 Å². The minimum atomic E-state index is 0.183. The van der Waals surface area contributed by atoms with Gasteiger partial charge in [0.05, 0.1) is 6.04 Å². The van der Waals surface area contributed by atoms with E-state index >= 15 is 0 Å².